The molecule has 3 rings (SSSR count). The number of para-hydroxylation sites is 1. The van der Waals surface area contributed by atoms with Gasteiger partial charge < -0.3 is 14.5 Å². The van der Waals surface area contributed by atoms with Gasteiger partial charge in [0.25, 0.3) is 0 Å². The van der Waals surface area contributed by atoms with E-state index in [-0.39, 0.29) is 18.4 Å². The van der Waals surface area contributed by atoms with Crippen LogP contribution in [0.25, 0.3) is 0 Å². The van der Waals surface area contributed by atoms with Gasteiger partial charge in [-0.1, -0.05) is 48.5 Å². The molecule has 6 nitrogen and oxygen atoms in total. The van der Waals surface area contributed by atoms with Crippen molar-refractivity contribution in [2.45, 2.75) is 20.0 Å². The molecule has 0 aliphatic carbocycles. The summed E-state index contributed by atoms with van der Waals surface area (Å²) in [5.74, 6) is 0.599. The van der Waals surface area contributed by atoms with Crippen molar-refractivity contribution in [1.82, 2.24) is 14.7 Å². The lowest BCUT2D eigenvalue weighted by atomic mass is 10.2. The average Bonchev–Trinajstić information content (AvgIpc) is 2.74. The second-order valence-corrected chi connectivity index (χ2v) is 7.33. The van der Waals surface area contributed by atoms with E-state index in [9.17, 15) is 9.59 Å². The predicted molar refractivity (Wildman–Crippen MR) is 112 cm³/mol. The highest BCUT2D eigenvalue weighted by Crippen LogP contribution is 2.19. The number of amides is 2. The normalized spacial score (nSPS) is 14.5. The lowest BCUT2D eigenvalue weighted by Gasteiger charge is -2.35. The van der Waals surface area contributed by atoms with Crippen LogP contribution in [0.15, 0.2) is 54.6 Å². The summed E-state index contributed by atoms with van der Waals surface area (Å²) < 4.78 is 5.37. The Labute approximate surface area is 172 Å². The van der Waals surface area contributed by atoms with E-state index in [2.05, 4.69) is 17.0 Å². The molecule has 154 valence electrons. The fraction of sp³-hybridized carbons (Fsp3) is 0.391. The van der Waals surface area contributed by atoms with Crippen molar-refractivity contribution in [1.29, 1.82) is 0 Å². The molecular formula is C23H29N3O3. The molecule has 2 amide bonds. The topological polar surface area (TPSA) is 53.1 Å². The molecule has 0 N–H and O–H groups in total. The lowest BCUT2D eigenvalue weighted by molar-refractivity contribution is -0.141. The lowest BCUT2D eigenvalue weighted by Crippen LogP contribution is -2.51. The van der Waals surface area contributed by atoms with Crippen LogP contribution in [0.1, 0.15) is 18.1 Å². The van der Waals surface area contributed by atoms with Crippen LogP contribution in [0.2, 0.25) is 0 Å². The van der Waals surface area contributed by atoms with Gasteiger partial charge >= 0.3 is 0 Å². The Kier molecular flexibility index (Phi) is 7.25. The van der Waals surface area contributed by atoms with Crippen LogP contribution in [0.4, 0.5) is 0 Å². The molecule has 2 aromatic rings. The Morgan fingerprint density at radius 1 is 0.966 bits per heavy atom. The van der Waals surface area contributed by atoms with Gasteiger partial charge in [0, 0.05) is 51.8 Å². The van der Waals surface area contributed by atoms with Crippen molar-refractivity contribution in [3.8, 4) is 5.75 Å². The van der Waals surface area contributed by atoms with Gasteiger partial charge in [-0.25, -0.2) is 0 Å². The summed E-state index contributed by atoms with van der Waals surface area (Å²) in [5, 5.41) is 0. The van der Waals surface area contributed by atoms with E-state index in [4.69, 9.17) is 4.74 Å². The largest absolute Gasteiger partial charge is 0.496 e. The molecule has 0 aromatic heterocycles. The predicted octanol–water partition coefficient (Wildman–Crippen LogP) is 2.39. The molecule has 0 unspecified atom stereocenters. The third-order valence-electron chi connectivity index (χ3n) is 5.30. The molecule has 0 bridgehead atoms. The summed E-state index contributed by atoms with van der Waals surface area (Å²) >= 11 is 0. The molecular weight excluding hydrogens is 366 g/mol. The second-order valence-electron chi connectivity index (χ2n) is 7.33. The minimum atomic E-state index is -0.119. The third kappa shape index (κ3) is 5.81. The molecule has 1 heterocycles. The van der Waals surface area contributed by atoms with Crippen molar-refractivity contribution in [2.24, 2.45) is 0 Å². The van der Waals surface area contributed by atoms with E-state index in [1.165, 1.54) is 12.5 Å². The van der Waals surface area contributed by atoms with Gasteiger partial charge in [-0.2, -0.15) is 0 Å². The summed E-state index contributed by atoms with van der Waals surface area (Å²) in [6, 6.07) is 17.9. The summed E-state index contributed by atoms with van der Waals surface area (Å²) in [7, 11) is 1.61. The van der Waals surface area contributed by atoms with Crippen molar-refractivity contribution in [3.05, 3.63) is 65.7 Å². The number of methoxy groups -OCH3 is 1. The van der Waals surface area contributed by atoms with Gasteiger partial charge in [0.05, 0.1) is 7.11 Å². The smallest absolute Gasteiger partial charge is 0.242 e. The molecule has 29 heavy (non-hydrogen) atoms. The fourth-order valence-corrected chi connectivity index (χ4v) is 3.58. The molecule has 0 saturated carbocycles. The molecule has 1 fully saturated rings. The maximum Gasteiger partial charge on any atom is 0.242 e. The Morgan fingerprint density at radius 3 is 2.28 bits per heavy atom. The quantitative estimate of drug-likeness (QED) is 0.722. The van der Waals surface area contributed by atoms with E-state index < -0.39 is 0 Å². The number of carbonyl (C=O) groups is 2. The maximum atomic E-state index is 12.8. The van der Waals surface area contributed by atoms with Crippen molar-refractivity contribution in [3.63, 3.8) is 0 Å². The van der Waals surface area contributed by atoms with Gasteiger partial charge in [-0.15, -0.1) is 0 Å². The first kappa shape index (κ1) is 20.9. The minimum Gasteiger partial charge on any atom is -0.496 e. The molecule has 0 spiro atoms. The first-order valence-corrected chi connectivity index (χ1v) is 9.98. The third-order valence-corrected chi connectivity index (χ3v) is 5.30. The number of piperazine rings is 1. The first-order chi connectivity index (χ1) is 14.1. The zero-order valence-corrected chi connectivity index (χ0v) is 17.2. The summed E-state index contributed by atoms with van der Waals surface area (Å²) in [6.07, 6.45) is 0. The number of hydrogen-bond acceptors (Lipinski definition) is 4. The Balaban J connectivity index is 1.53. The Hall–Kier alpha value is -2.86. The van der Waals surface area contributed by atoms with E-state index in [1.807, 2.05) is 47.4 Å². The minimum absolute atomic E-state index is 0.00513. The van der Waals surface area contributed by atoms with Crippen molar-refractivity contribution in [2.75, 3.05) is 39.8 Å². The number of carbonyl (C=O) groups excluding carboxylic acids is 2. The van der Waals surface area contributed by atoms with Crippen LogP contribution in [0.3, 0.4) is 0 Å². The van der Waals surface area contributed by atoms with Crippen molar-refractivity contribution >= 4 is 11.8 Å². The van der Waals surface area contributed by atoms with Crippen LogP contribution >= 0.6 is 0 Å². The van der Waals surface area contributed by atoms with Gasteiger partial charge in [-0.3, -0.25) is 14.5 Å². The summed E-state index contributed by atoms with van der Waals surface area (Å²) in [4.78, 5) is 30.7. The number of hydrogen-bond donors (Lipinski definition) is 0. The van der Waals surface area contributed by atoms with Crippen LogP contribution in [0, 0.1) is 0 Å². The first-order valence-electron chi connectivity index (χ1n) is 9.98. The molecule has 1 aliphatic heterocycles. The Bertz CT molecular complexity index is 817. The highest BCUT2D eigenvalue weighted by atomic mass is 16.5. The Morgan fingerprint density at radius 2 is 1.62 bits per heavy atom. The van der Waals surface area contributed by atoms with E-state index in [1.54, 1.807) is 12.0 Å². The fourth-order valence-electron chi connectivity index (χ4n) is 3.58. The average molecular weight is 396 g/mol. The van der Waals surface area contributed by atoms with Gasteiger partial charge in [0.2, 0.25) is 11.8 Å². The van der Waals surface area contributed by atoms with Gasteiger partial charge in [-0.05, 0) is 11.6 Å². The molecule has 0 radical (unpaired) electrons. The molecule has 1 saturated heterocycles. The van der Waals surface area contributed by atoms with E-state index in [0.717, 1.165) is 30.9 Å². The number of benzene rings is 2. The van der Waals surface area contributed by atoms with Crippen molar-refractivity contribution < 1.29 is 14.3 Å². The van der Waals surface area contributed by atoms with Crippen LogP contribution in [0.5, 0.6) is 5.75 Å². The number of rotatable bonds is 7. The highest BCUT2D eigenvalue weighted by molar-refractivity contribution is 5.84. The van der Waals surface area contributed by atoms with Gasteiger partial charge in [0.1, 0.15) is 12.3 Å². The molecule has 0 atom stereocenters. The van der Waals surface area contributed by atoms with Crippen LogP contribution in [-0.2, 0) is 22.7 Å². The van der Waals surface area contributed by atoms with E-state index >= 15 is 0 Å². The van der Waals surface area contributed by atoms with Gasteiger partial charge in [0.15, 0.2) is 0 Å². The zero-order chi connectivity index (χ0) is 20.6. The molecule has 2 aromatic carbocycles. The molecule has 6 heteroatoms. The number of nitrogens with zero attached hydrogens (tertiary/aromatic N) is 3. The maximum absolute atomic E-state index is 12.8. The van der Waals surface area contributed by atoms with Crippen LogP contribution in [-0.4, -0.2) is 66.3 Å². The standard InChI is InChI=1S/C23H29N3O3/c1-19(27)26(17-21-10-6-7-11-22(21)29-2)18-23(28)25-14-12-24(13-15-25)16-20-8-4-3-5-9-20/h3-11H,12-18H2,1-2H3. The molecule has 1 aliphatic rings. The van der Waals surface area contributed by atoms with Crippen LogP contribution < -0.4 is 4.74 Å². The van der Waals surface area contributed by atoms with E-state index in [0.29, 0.717) is 19.6 Å². The zero-order valence-electron chi connectivity index (χ0n) is 17.2. The summed E-state index contributed by atoms with van der Waals surface area (Å²) in [6.45, 7) is 5.90. The second kappa shape index (κ2) is 10.1. The summed E-state index contributed by atoms with van der Waals surface area (Å²) in [5.41, 5.74) is 2.18. The monoisotopic (exact) mass is 395 g/mol. The highest BCUT2D eigenvalue weighted by Gasteiger charge is 2.24. The SMILES string of the molecule is COc1ccccc1CN(CC(=O)N1CCN(Cc2ccccc2)CC1)C(C)=O. The number of ether oxygens (including phenoxy) is 1.